The van der Waals surface area contributed by atoms with Gasteiger partial charge in [0.25, 0.3) is 0 Å². The summed E-state index contributed by atoms with van der Waals surface area (Å²) in [6, 6.07) is 14.4. The molecule has 0 aliphatic heterocycles. The molecule has 2 heteroatoms. The van der Waals surface area contributed by atoms with Gasteiger partial charge in [-0.1, -0.05) is 66.1 Å². The average Bonchev–Trinajstić information content (AvgIpc) is 2.62. The Morgan fingerprint density at radius 3 is 2.68 bits per heavy atom. The number of carbonyl (C=O) groups is 1. The van der Waals surface area contributed by atoms with Crippen molar-refractivity contribution in [2.75, 3.05) is 0 Å². The van der Waals surface area contributed by atoms with Crippen LogP contribution in [0.15, 0.2) is 48.0 Å². The number of carbonyl (C=O) groups excluding carboxylic acids is 1. The highest BCUT2D eigenvalue weighted by atomic mass is 16.5. The lowest BCUT2D eigenvalue weighted by molar-refractivity contribution is -0.142. The fourth-order valence-corrected chi connectivity index (χ4v) is 2.81. The highest BCUT2D eigenvalue weighted by Gasteiger charge is 2.14. The molecule has 2 nitrogen and oxygen atoms in total. The van der Waals surface area contributed by atoms with Crippen LogP contribution >= 0.6 is 0 Å². The van der Waals surface area contributed by atoms with E-state index in [2.05, 4.69) is 41.9 Å². The molecule has 0 spiro atoms. The number of fused-ring (bicyclic) bond motifs is 1. The summed E-state index contributed by atoms with van der Waals surface area (Å²) in [5, 5.41) is 2.31. The van der Waals surface area contributed by atoms with Crippen molar-refractivity contribution in [2.24, 2.45) is 0 Å². The Kier molecular flexibility index (Phi) is 5.55. The number of esters is 1. The molecule has 0 aromatic heterocycles. The van der Waals surface area contributed by atoms with E-state index >= 15 is 0 Å². The lowest BCUT2D eigenvalue weighted by atomic mass is 10.00. The zero-order valence-electron chi connectivity index (χ0n) is 14.3. The van der Waals surface area contributed by atoms with Gasteiger partial charge in [0.05, 0.1) is 5.57 Å². The minimum absolute atomic E-state index is 0.345. The van der Waals surface area contributed by atoms with Crippen molar-refractivity contribution in [3.05, 3.63) is 53.6 Å². The minimum Gasteiger partial charge on any atom is -0.444 e. The van der Waals surface area contributed by atoms with Crippen LogP contribution in [0.4, 0.5) is 0 Å². The van der Waals surface area contributed by atoms with Crippen molar-refractivity contribution in [2.45, 2.75) is 38.7 Å². The molecule has 2 aromatic carbocycles. The van der Waals surface area contributed by atoms with Gasteiger partial charge in [-0.25, -0.2) is 0 Å². The quantitative estimate of drug-likeness (QED) is 0.588. The number of rotatable bonds is 2. The largest absolute Gasteiger partial charge is 0.444 e. The maximum Gasteiger partial charge on any atom is 0.304 e. The molecule has 25 heavy (non-hydrogen) atoms. The first-order valence-corrected chi connectivity index (χ1v) is 8.58. The van der Waals surface area contributed by atoms with Gasteiger partial charge in [0.1, 0.15) is 0 Å². The van der Waals surface area contributed by atoms with Gasteiger partial charge in [-0.3, -0.25) is 4.79 Å². The molecule has 1 aliphatic rings. The first-order chi connectivity index (χ1) is 12.2. The zero-order valence-corrected chi connectivity index (χ0v) is 14.3. The van der Waals surface area contributed by atoms with E-state index in [1.54, 1.807) is 0 Å². The second kappa shape index (κ2) is 8.22. The second-order valence-corrected chi connectivity index (χ2v) is 5.99. The van der Waals surface area contributed by atoms with Crippen LogP contribution in [0.25, 0.3) is 16.8 Å². The van der Waals surface area contributed by atoms with Crippen molar-refractivity contribution in [3.8, 4) is 23.7 Å². The third kappa shape index (κ3) is 4.52. The summed E-state index contributed by atoms with van der Waals surface area (Å²) in [6.45, 7) is 1.41. The molecule has 0 radical (unpaired) electrons. The molecule has 2 aromatic rings. The van der Waals surface area contributed by atoms with Gasteiger partial charge in [0.15, 0.2) is 6.10 Å². The predicted octanol–water partition coefficient (Wildman–Crippen LogP) is 4.74. The van der Waals surface area contributed by atoms with E-state index in [0.29, 0.717) is 0 Å². The second-order valence-electron chi connectivity index (χ2n) is 5.99. The topological polar surface area (TPSA) is 26.3 Å². The fourth-order valence-electron chi connectivity index (χ4n) is 2.81. The van der Waals surface area contributed by atoms with Crippen molar-refractivity contribution in [1.29, 1.82) is 0 Å². The Morgan fingerprint density at radius 2 is 1.84 bits per heavy atom. The summed E-state index contributed by atoms with van der Waals surface area (Å²) in [5.74, 6) is 12.2. The molecular weight excluding hydrogens is 308 g/mol. The zero-order chi connectivity index (χ0) is 17.5. The summed E-state index contributed by atoms with van der Waals surface area (Å²) < 4.78 is 5.44. The molecule has 0 amide bonds. The van der Waals surface area contributed by atoms with Crippen LogP contribution in [0, 0.1) is 23.7 Å². The van der Waals surface area contributed by atoms with Crippen LogP contribution in [0.5, 0.6) is 0 Å². The van der Waals surface area contributed by atoms with Crippen molar-refractivity contribution in [1.82, 2.24) is 0 Å². The number of benzene rings is 2. The van der Waals surface area contributed by atoms with Gasteiger partial charge in [-0.05, 0) is 35.3 Å². The standard InChI is InChI=1S/C23H20O2/c1-18(24)25-23-16-7-5-3-2-4-6-12-21(23)17-20-14-10-13-19-11-8-9-15-22(19)20/h8-11,13-15,17,23H,2-5H2,1H3/b21-17-. The number of ether oxygens (including phenoxy) is 1. The van der Waals surface area contributed by atoms with Gasteiger partial charge in [0, 0.05) is 19.8 Å². The minimum atomic E-state index is -0.609. The maximum absolute atomic E-state index is 11.5. The maximum atomic E-state index is 11.5. The molecule has 0 saturated carbocycles. The van der Waals surface area contributed by atoms with Gasteiger partial charge in [-0.15, -0.1) is 0 Å². The average molecular weight is 328 g/mol. The third-order valence-corrected chi connectivity index (χ3v) is 4.02. The smallest absolute Gasteiger partial charge is 0.304 e. The van der Waals surface area contributed by atoms with Crippen LogP contribution in [0.1, 0.15) is 38.2 Å². The summed E-state index contributed by atoms with van der Waals surface area (Å²) >= 11 is 0. The van der Waals surface area contributed by atoms with Crippen LogP contribution in [-0.4, -0.2) is 12.1 Å². The number of hydrogen-bond donors (Lipinski definition) is 0. The molecule has 1 unspecified atom stereocenters. The normalized spacial score (nSPS) is 18.6. The van der Waals surface area contributed by atoms with Crippen molar-refractivity contribution < 1.29 is 9.53 Å². The van der Waals surface area contributed by atoms with E-state index in [9.17, 15) is 4.79 Å². The first kappa shape index (κ1) is 16.9. The van der Waals surface area contributed by atoms with Crippen molar-refractivity contribution >= 4 is 22.8 Å². The lowest BCUT2D eigenvalue weighted by Gasteiger charge is -2.12. The summed E-state index contributed by atoms with van der Waals surface area (Å²) in [7, 11) is 0. The first-order valence-electron chi connectivity index (χ1n) is 8.58. The summed E-state index contributed by atoms with van der Waals surface area (Å²) in [6.07, 6.45) is 5.10. The Bertz CT molecular complexity index is 924. The molecule has 124 valence electrons. The molecule has 0 N–H and O–H groups in total. The molecule has 1 atom stereocenters. The Morgan fingerprint density at radius 1 is 1.08 bits per heavy atom. The third-order valence-electron chi connectivity index (χ3n) is 4.02. The molecular formula is C23H20O2. The summed E-state index contributed by atoms with van der Waals surface area (Å²) in [4.78, 5) is 11.5. The van der Waals surface area contributed by atoms with E-state index < -0.39 is 6.10 Å². The van der Waals surface area contributed by atoms with Gasteiger partial charge < -0.3 is 4.74 Å². The lowest BCUT2D eigenvalue weighted by Crippen LogP contribution is -2.16. The highest BCUT2D eigenvalue weighted by molar-refractivity contribution is 5.91. The van der Waals surface area contributed by atoms with Gasteiger partial charge in [-0.2, -0.15) is 0 Å². The predicted molar refractivity (Wildman–Crippen MR) is 101 cm³/mol. The molecule has 0 bridgehead atoms. The van der Waals surface area contributed by atoms with E-state index in [4.69, 9.17) is 4.74 Å². The Labute approximate surface area is 148 Å². The van der Waals surface area contributed by atoms with Gasteiger partial charge >= 0.3 is 5.97 Å². The van der Waals surface area contributed by atoms with E-state index in [-0.39, 0.29) is 5.97 Å². The van der Waals surface area contributed by atoms with Crippen LogP contribution < -0.4 is 0 Å². The Balaban J connectivity index is 2.09. The van der Waals surface area contributed by atoms with Crippen LogP contribution in [0.2, 0.25) is 0 Å². The summed E-state index contributed by atoms with van der Waals surface area (Å²) in [5.41, 5.74) is 1.79. The highest BCUT2D eigenvalue weighted by Crippen LogP contribution is 2.22. The molecule has 1 aliphatic carbocycles. The number of hydrogen-bond acceptors (Lipinski definition) is 2. The van der Waals surface area contributed by atoms with E-state index in [1.807, 2.05) is 30.3 Å². The molecule has 3 rings (SSSR count). The monoisotopic (exact) mass is 328 g/mol. The molecule has 0 heterocycles. The van der Waals surface area contributed by atoms with Crippen LogP contribution in [0.3, 0.4) is 0 Å². The van der Waals surface area contributed by atoms with Gasteiger partial charge in [0.2, 0.25) is 0 Å². The SMILES string of the molecule is CC(=O)OC1C#CCCCCC#C/C1=C/c1cccc2ccccc12. The Hall–Kier alpha value is -2.97. The fraction of sp³-hybridized carbons (Fsp3) is 0.261. The van der Waals surface area contributed by atoms with E-state index in [1.165, 1.54) is 12.3 Å². The molecule has 0 saturated heterocycles. The molecule has 0 fully saturated rings. The van der Waals surface area contributed by atoms with Crippen molar-refractivity contribution in [3.63, 3.8) is 0 Å². The van der Waals surface area contributed by atoms with Crippen LogP contribution in [-0.2, 0) is 9.53 Å². The van der Waals surface area contributed by atoms with E-state index in [0.717, 1.165) is 42.2 Å².